The van der Waals surface area contributed by atoms with Gasteiger partial charge in [-0.05, 0) is 24.1 Å². The lowest BCUT2D eigenvalue weighted by atomic mass is 9.73. The van der Waals surface area contributed by atoms with Crippen LogP contribution >= 0.6 is 11.6 Å². The van der Waals surface area contributed by atoms with Gasteiger partial charge in [-0.1, -0.05) is 35.9 Å². The highest BCUT2D eigenvalue weighted by atomic mass is 35.5. The molecule has 1 aliphatic carbocycles. The standard InChI is InChI=1S/C12H10ClNO3/c1-12(7-14(16)17)9-5-3-2-4-8(9)6-10(13)11(12)15/h2-6H,7H2,1H3. The van der Waals surface area contributed by atoms with Crippen LogP contribution in [0.4, 0.5) is 0 Å². The molecule has 4 nitrogen and oxygen atoms in total. The van der Waals surface area contributed by atoms with Gasteiger partial charge in [0.15, 0.2) is 5.78 Å². The van der Waals surface area contributed by atoms with E-state index in [1.165, 1.54) is 0 Å². The predicted octanol–water partition coefficient (Wildman–Crippen LogP) is 2.38. The molecule has 1 aromatic carbocycles. The molecule has 1 atom stereocenters. The summed E-state index contributed by atoms with van der Waals surface area (Å²) in [5.41, 5.74) is 0.249. The second-order valence-electron chi connectivity index (χ2n) is 4.23. The molecular weight excluding hydrogens is 242 g/mol. The molecule has 0 aromatic heterocycles. The average molecular weight is 252 g/mol. The van der Waals surface area contributed by atoms with Gasteiger partial charge in [-0.2, -0.15) is 0 Å². The highest BCUT2D eigenvalue weighted by Gasteiger charge is 2.44. The lowest BCUT2D eigenvalue weighted by Gasteiger charge is -2.29. The number of fused-ring (bicyclic) bond motifs is 1. The highest BCUT2D eigenvalue weighted by molar-refractivity contribution is 6.46. The number of benzene rings is 1. The fourth-order valence-corrected chi connectivity index (χ4v) is 2.45. The monoisotopic (exact) mass is 251 g/mol. The molecule has 0 N–H and O–H groups in total. The molecule has 0 fully saturated rings. The van der Waals surface area contributed by atoms with E-state index in [1.807, 2.05) is 6.07 Å². The third-order valence-corrected chi connectivity index (χ3v) is 3.28. The van der Waals surface area contributed by atoms with Crippen LogP contribution in [0.5, 0.6) is 0 Å². The Morgan fingerprint density at radius 2 is 2.06 bits per heavy atom. The summed E-state index contributed by atoms with van der Waals surface area (Å²) in [4.78, 5) is 22.3. The van der Waals surface area contributed by atoms with Crippen molar-refractivity contribution < 1.29 is 9.72 Å². The van der Waals surface area contributed by atoms with Crippen molar-refractivity contribution in [3.05, 3.63) is 50.5 Å². The van der Waals surface area contributed by atoms with Crippen LogP contribution in [0.2, 0.25) is 0 Å². The van der Waals surface area contributed by atoms with Crippen LogP contribution < -0.4 is 0 Å². The number of ketones is 1. The van der Waals surface area contributed by atoms with Gasteiger partial charge in [0.05, 0.1) is 5.03 Å². The van der Waals surface area contributed by atoms with E-state index in [0.717, 1.165) is 5.56 Å². The van der Waals surface area contributed by atoms with Gasteiger partial charge in [0, 0.05) is 4.92 Å². The molecule has 0 spiro atoms. The Morgan fingerprint density at radius 1 is 1.41 bits per heavy atom. The minimum Gasteiger partial charge on any atom is -0.292 e. The van der Waals surface area contributed by atoms with Gasteiger partial charge in [-0.15, -0.1) is 0 Å². The van der Waals surface area contributed by atoms with E-state index in [0.29, 0.717) is 5.56 Å². The molecule has 0 radical (unpaired) electrons. The number of rotatable bonds is 2. The zero-order valence-corrected chi connectivity index (χ0v) is 9.90. The number of hydrogen-bond donors (Lipinski definition) is 0. The van der Waals surface area contributed by atoms with Crippen molar-refractivity contribution in [3.8, 4) is 0 Å². The minimum absolute atomic E-state index is 0.0491. The summed E-state index contributed by atoms with van der Waals surface area (Å²) in [5.74, 6) is -0.394. The first-order valence-corrected chi connectivity index (χ1v) is 5.46. The summed E-state index contributed by atoms with van der Waals surface area (Å²) in [6.07, 6.45) is 1.56. The topological polar surface area (TPSA) is 60.2 Å². The summed E-state index contributed by atoms with van der Waals surface area (Å²) in [6.45, 7) is 1.11. The molecule has 1 aliphatic rings. The van der Waals surface area contributed by atoms with Crippen molar-refractivity contribution >= 4 is 23.5 Å². The Balaban J connectivity index is 2.63. The maximum absolute atomic E-state index is 12.0. The van der Waals surface area contributed by atoms with Crippen LogP contribution in [0.1, 0.15) is 18.1 Å². The van der Waals surface area contributed by atoms with Crippen molar-refractivity contribution in [2.24, 2.45) is 0 Å². The predicted molar refractivity (Wildman–Crippen MR) is 64.5 cm³/mol. The first kappa shape index (κ1) is 11.8. The van der Waals surface area contributed by atoms with Crippen LogP contribution in [0.3, 0.4) is 0 Å². The summed E-state index contributed by atoms with van der Waals surface area (Å²) in [5, 5.41) is 10.8. The Labute approximate surface area is 103 Å². The van der Waals surface area contributed by atoms with Crippen LogP contribution in [-0.4, -0.2) is 17.3 Å². The van der Waals surface area contributed by atoms with Gasteiger partial charge in [-0.3, -0.25) is 14.9 Å². The quantitative estimate of drug-likeness (QED) is 0.599. The largest absolute Gasteiger partial charge is 0.292 e. The highest BCUT2D eigenvalue weighted by Crippen LogP contribution is 2.37. The Hall–Kier alpha value is -1.68. The van der Waals surface area contributed by atoms with Gasteiger partial charge in [0.1, 0.15) is 5.41 Å². The molecule has 0 bridgehead atoms. The second-order valence-corrected chi connectivity index (χ2v) is 4.64. The molecule has 2 rings (SSSR count). The number of carbonyl (C=O) groups is 1. The van der Waals surface area contributed by atoms with Gasteiger partial charge < -0.3 is 0 Å². The number of nitrogens with zero attached hydrogens (tertiary/aromatic N) is 1. The third kappa shape index (κ3) is 1.85. The summed E-state index contributed by atoms with van der Waals surface area (Å²) < 4.78 is 0. The van der Waals surface area contributed by atoms with Crippen molar-refractivity contribution in [2.75, 3.05) is 6.54 Å². The van der Waals surface area contributed by atoms with Gasteiger partial charge >= 0.3 is 0 Å². The maximum Gasteiger partial charge on any atom is 0.220 e. The smallest absolute Gasteiger partial charge is 0.220 e. The van der Waals surface area contributed by atoms with Crippen LogP contribution in [0, 0.1) is 10.1 Å². The van der Waals surface area contributed by atoms with E-state index in [2.05, 4.69) is 0 Å². The second kappa shape index (κ2) is 3.96. The Kier molecular flexibility index (Phi) is 2.75. The molecular formula is C12H10ClNO3. The molecule has 17 heavy (non-hydrogen) atoms. The van der Waals surface area contributed by atoms with Gasteiger partial charge in [-0.25, -0.2) is 0 Å². The van der Waals surface area contributed by atoms with Crippen LogP contribution in [-0.2, 0) is 10.2 Å². The Morgan fingerprint density at radius 3 is 2.71 bits per heavy atom. The number of halogens is 1. The van der Waals surface area contributed by atoms with E-state index in [9.17, 15) is 14.9 Å². The van der Waals surface area contributed by atoms with E-state index in [4.69, 9.17) is 11.6 Å². The molecule has 5 heteroatoms. The van der Waals surface area contributed by atoms with Crippen molar-refractivity contribution in [1.82, 2.24) is 0 Å². The summed E-state index contributed by atoms with van der Waals surface area (Å²) in [6, 6.07) is 7.10. The zero-order chi connectivity index (χ0) is 12.6. The fourth-order valence-electron chi connectivity index (χ4n) is 2.13. The molecule has 0 saturated carbocycles. The minimum atomic E-state index is -1.17. The molecule has 1 aromatic rings. The van der Waals surface area contributed by atoms with Crippen LogP contribution in [0.15, 0.2) is 29.3 Å². The lowest BCUT2D eigenvalue weighted by Crippen LogP contribution is -2.41. The van der Waals surface area contributed by atoms with Crippen molar-refractivity contribution in [1.29, 1.82) is 0 Å². The molecule has 0 amide bonds. The maximum atomic E-state index is 12.0. The van der Waals surface area contributed by atoms with Crippen molar-refractivity contribution in [3.63, 3.8) is 0 Å². The van der Waals surface area contributed by atoms with E-state index < -0.39 is 22.7 Å². The number of nitro groups is 1. The lowest BCUT2D eigenvalue weighted by molar-refractivity contribution is -0.487. The van der Waals surface area contributed by atoms with Crippen LogP contribution in [0.25, 0.3) is 6.08 Å². The van der Waals surface area contributed by atoms with E-state index >= 15 is 0 Å². The first-order valence-electron chi connectivity index (χ1n) is 5.08. The van der Waals surface area contributed by atoms with Gasteiger partial charge in [0.2, 0.25) is 6.54 Å². The van der Waals surface area contributed by atoms with E-state index in [-0.39, 0.29) is 5.03 Å². The average Bonchev–Trinajstić information content (AvgIpc) is 2.26. The molecule has 88 valence electrons. The number of allylic oxidation sites excluding steroid dienone is 1. The third-order valence-electron chi connectivity index (χ3n) is 3.00. The zero-order valence-electron chi connectivity index (χ0n) is 9.14. The number of hydrogen-bond acceptors (Lipinski definition) is 3. The Bertz CT molecular complexity index is 538. The molecule has 0 saturated heterocycles. The van der Waals surface area contributed by atoms with E-state index in [1.54, 1.807) is 31.2 Å². The molecule has 0 aliphatic heterocycles. The molecule has 0 heterocycles. The van der Waals surface area contributed by atoms with Crippen molar-refractivity contribution in [2.45, 2.75) is 12.3 Å². The first-order chi connectivity index (χ1) is 7.95. The normalized spacial score (nSPS) is 22.9. The number of carbonyl (C=O) groups excluding carboxylic acids is 1. The number of Topliss-reactive ketones (excluding diaryl/α,β-unsaturated/α-hetero) is 1. The summed E-state index contributed by atoms with van der Waals surface area (Å²) in [7, 11) is 0. The summed E-state index contributed by atoms with van der Waals surface area (Å²) >= 11 is 5.85. The molecule has 1 unspecified atom stereocenters. The fraction of sp³-hybridized carbons (Fsp3) is 0.250. The van der Waals surface area contributed by atoms with Gasteiger partial charge in [0.25, 0.3) is 0 Å². The SMILES string of the molecule is CC1(C[N+](=O)[O-])C(=O)C(Cl)=Cc2ccccc21.